The van der Waals surface area contributed by atoms with Gasteiger partial charge in [-0.1, -0.05) is 12.1 Å². The summed E-state index contributed by atoms with van der Waals surface area (Å²) in [7, 11) is 0. The normalized spacial score (nSPS) is 14.2. The van der Waals surface area contributed by atoms with Gasteiger partial charge in [-0.15, -0.1) is 0 Å². The SMILES string of the molecule is O=C(c1ccnn1CC(F)F)N1CCCc2cccc(O)c21. The number of fused-ring (bicyclic) bond motifs is 1. The van der Waals surface area contributed by atoms with Crippen molar-refractivity contribution in [1.82, 2.24) is 9.78 Å². The fraction of sp³-hybridized carbons (Fsp3) is 0.333. The van der Waals surface area contributed by atoms with E-state index in [-0.39, 0.29) is 11.4 Å². The van der Waals surface area contributed by atoms with Gasteiger partial charge in [-0.3, -0.25) is 9.48 Å². The lowest BCUT2D eigenvalue weighted by molar-refractivity contribution is 0.0953. The van der Waals surface area contributed by atoms with E-state index in [9.17, 15) is 18.7 Å². The lowest BCUT2D eigenvalue weighted by Gasteiger charge is -2.30. The number of aryl methyl sites for hydroxylation is 1. The van der Waals surface area contributed by atoms with Crippen molar-refractivity contribution in [3.05, 3.63) is 41.7 Å². The molecule has 2 heterocycles. The van der Waals surface area contributed by atoms with Gasteiger partial charge in [-0.25, -0.2) is 8.78 Å². The Balaban J connectivity index is 1.97. The number of aromatic hydroxyl groups is 1. The number of carbonyl (C=O) groups is 1. The van der Waals surface area contributed by atoms with E-state index in [0.29, 0.717) is 12.2 Å². The topological polar surface area (TPSA) is 58.4 Å². The summed E-state index contributed by atoms with van der Waals surface area (Å²) in [5.41, 5.74) is 1.43. The van der Waals surface area contributed by atoms with E-state index >= 15 is 0 Å². The molecule has 0 aliphatic carbocycles. The molecule has 22 heavy (non-hydrogen) atoms. The number of nitrogens with zero attached hydrogens (tertiary/aromatic N) is 3. The summed E-state index contributed by atoms with van der Waals surface area (Å²) < 4.78 is 26.1. The summed E-state index contributed by atoms with van der Waals surface area (Å²) >= 11 is 0. The van der Waals surface area contributed by atoms with E-state index in [1.165, 1.54) is 23.2 Å². The molecule has 5 nitrogen and oxygen atoms in total. The van der Waals surface area contributed by atoms with Crippen molar-refractivity contribution in [3.63, 3.8) is 0 Å². The third-order valence-electron chi connectivity index (χ3n) is 3.69. The average molecular weight is 307 g/mol. The van der Waals surface area contributed by atoms with Crippen LogP contribution in [0.3, 0.4) is 0 Å². The molecule has 1 aliphatic rings. The minimum atomic E-state index is -2.59. The molecular weight excluding hydrogens is 292 g/mol. The number of alkyl halides is 2. The zero-order valence-electron chi connectivity index (χ0n) is 11.7. The van der Waals surface area contributed by atoms with Gasteiger partial charge in [0.2, 0.25) is 0 Å². The molecule has 0 saturated carbocycles. The van der Waals surface area contributed by atoms with Gasteiger partial charge in [0.25, 0.3) is 12.3 Å². The minimum Gasteiger partial charge on any atom is -0.506 e. The van der Waals surface area contributed by atoms with Crippen molar-refractivity contribution in [2.24, 2.45) is 0 Å². The van der Waals surface area contributed by atoms with E-state index < -0.39 is 18.9 Å². The Kier molecular flexibility index (Phi) is 3.79. The predicted octanol–water partition coefficient (Wildman–Crippen LogP) is 2.45. The van der Waals surface area contributed by atoms with Crippen LogP contribution in [0.5, 0.6) is 5.75 Å². The highest BCUT2D eigenvalue weighted by atomic mass is 19.3. The van der Waals surface area contributed by atoms with Crippen molar-refractivity contribution in [1.29, 1.82) is 0 Å². The molecule has 7 heteroatoms. The molecule has 1 aromatic heterocycles. The van der Waals surface area contributed by atoms with Gasteiger partial charge in [0.1, 0.15) is 18.0 Å². The van der Waals surface area contributed by atoms with Crippen molar-refractivity contribution >= 4 is 11.6 Å². The van der Waals surface area contributed by atoms with E-state index in [1.807, 2.05) is 6.07 Å². The van der Waals surface area contributed by atoms with Crippen molar-refractivity contribution in [3.8, 4) is 5.75 Å². The summed E-state index contributed by atoms with van der Waals surface area (Å²) in [6.07, 6.45) is 0.258. The molecule has 2 aromatic rings. The van der Waals surface area contributed by atoms with Crippen LogP contribution < -0.4 is 4.90 Å². The Labute approximate surface area is 125 Å². The molecule has 116 valence electrons. The molecular formula is C15H15F2N3O2. The van der Waals surface area contributed by atoms with Gasteiger partial charge in [-0.2, -0.15) is 5.10 Å². The number of aromatic nitrogens is 2. The predicted molar refractivity (Wildman–Crippen MR) is 76.3 cm³/mol. The fourth-order valence-electron chi connectivity index (χ4n) is 2.76. The van der Waals surface area contributed by atoms with Gasteiger partial charge < -0.3 is 10.0 Å². The van der Waals surface area contributed by atoms with Crippen LogP contribution in [-0.4, -0.2) is 33.8 Å². The lowest BCUT2D eigenvalue weighted by Crippen LogP contribution is -2.37. The summed E-state index contributed by atoms with van der Waals surface area (Å²) in [5.74, 6) is -0.411. The Morgan fingerprint density at radius 2 is 2.18 bits per heavy atom. The quantitative estimate of drug-likeness (QED) is 0.947. The molecule has 0 fully saturated rings. The first-order valence-corrected chi connectivity index (χ1v) is 7.00. The Bertz CT molecular complexity index is 700. The van der Waals surface area contributed by atoms with E-state index in [0.717, 1.165) is 23.1 Å². The molecule has 3 rings (SSSR count). The van der Waals surface area contributed by atoms with Crippen LogP contribution in [0, 0.1) is 0 Å². The second kappa shape index (κ2) is 5.75. The molecule has 1 aliphatic heterocycles. The maximum atomic E-state index is 12.7. The summed E-state index contributed by atoms with van der Waals surface area (Å²) in [4.78, 5) is 14.1. The van der Waals surface area contributed by atoms with Crippen LogP contribution in [0.4, 0.5) is 14.5 Å². The van der Waals surface area contributed by atoms with Crippen LogP contribution in [0.25, 0.3) is 0 Å². The third kappa shape index (κ3) is 2.54. The molecule has 0 saturated heterocycles. The fourth-order valence-corrected chi connectivity index (χ4v) is 2.76. The number of carbonyl (C=O) groups excluding carboxylic acids is 1. The number of hydrogen-bond donors (Lipinski definition) is 1. The molecule has 0 bridgehead atoms. The van der Waals surface area contributed by atoms with Crippen molar-refractivity contribution in [2.45, 2.75) is 25.8 Å². The monoisotopic (exact) mass is 307 g/mol. The van der Waals surface area contributed by atoms with Crippen LogP contribution in [-0.2, 0) is 13.0 Å². The maximum absolute atomic E-state index is 12.7. The van der Waals surface area contributed by atoms with Crippen molar-refractivity contribution in [2.75, 3.05) is 11.4 Å². The molecule has 0 unspecified atom stereocenters. The smallest absolute Gasteiger partial charge is 0.276 e. The molecule has 1 aromatic carbocycles. The number of para-hydroxylation sites is 1. The molecule has 0 atom stereocenters. The van der Waals surface area contributed by atoms with Crippen molar-refractivity contribution < 1.29 is 18.7 Å². The number of amides is 1. The van der Waals surface area contributed by atoms with Crippen LogP contribution in [0.15, 0.2) is 30.5 Å². The first-order valence-electron chi connectivity index (χ1n) is 7.00. The summed E-state index contributed by atoms with van der Waals surface area (Å²) in [6.45, 7) is -0.196. The first-order chi connectivity index (χ1) is 10.6. The number of benzene rings is 1. The Morgan fingerprint density at radius 1 is 1.36 bits per heavy atom. The first kappa shape index (κ1) is 14.5. The second-order valence-corrected chi connectivity index (χ2v) is 5.13. The standard InChI is InChI=1S/C15H15F2N3O2/c16-13(17)9-20-11(6-7-18-20)15(22)19-8-2-4-10-3-1-5-12(21)14(10)19/h1,3,5-7,13,21H,2,4,8-9H2. The highest BCUT2D eigenvalue weighted by Gasteiger charge is 2.28. The van der Waals surface area contributed by atoms with Gasteiger partial charge in [0, 0.05) is 12.7 Å². The van der Waals surface area contributed by atoms with Gasteiger partial charge in [0.15, 0.2) is 0 Å². The average Bonchev–Trinajstić information content (AvgIpc) is 2.93. The number of halogens is 2. The number of phenols is 1. The van der Waals surface area contributed by atoms with Crippen LogP contribution in [0.2, 0.25) is 0 Å². The molecule has 0 radical (unpaired) electrons. The number of phenolic OH excluding ortho intramolecular Hbond substituents is 1. The summed E-state index contributed by atoms with van der Waals surface area (Å²) in [5, 5.41) is 13.8. The number of hydrogen-bond acceptors (Lipinski definition) is 3. The minimum absolute atomic E-state index is 0.0190. The number of anilines is 1. The highest BCUT2D eigenvalue weighted by Crippen LogP contribution is 2.36. The van der Waals surface area contributed by atoms with Gasteiger partial charge in [0.05, 0.1) is 5.69 Å². The lowest BCUT2D eigenvalue weighted by atomic mass is 10.0. The van der Waals surface area contributed by atoms with E-state index in [2.05, 4.69) is 5.10 Å². The zero-order chi connectivity index (χ0) is 15.7. The molecule has 1 amide bonds. The van der Waals surface area contributed by atoms with Gasteiger partial charge >= 0.3 is 0 Å². The van der Waals surface area contributed by atoms with Crippen LogP contribution >= 0.6 is 0 Å². The number of rotatable bonds is 3. The van der Waals surface area contributed by atoms with Gasteiger partial charge in [-0.05, 0) is 30.5 Å². The van der Waals surface area contributed by atoms with Crippen LogP contribution in [0.1, 0.15) is 22.5 Å². The maximum Gasteiger partial charge on any atom is 0.276 e. The summed E-state index contributed by atoms with van der Waals surface area (Å²) in [6, 6.07) is 6.51. The molecule has 0 spiro atoms. The molecule has 1 N–H and O–H groups in total. The second-order valence-electron chi connectivity index (χ2n) is 5.13. The largest absolute Gasteiger partial charge is 0.506 e. The van der Waals surface area contributed by atoms with E-state index in [1.54, 1.807) is 6.07 Å². The zero-order valence-corrected chi connectivity index (χ0v) is 11.7. The Morgan fingerprint density at radius 3 is 2.95 bits per heavy atom. The Hall–Kier alpha value is -2.44. The van der Waals surface area contributed by atoms with E-state index in [4.69, 9.17) is 0 Å². The highest BCUT2D eigenvalue weighted by molar-refractivity contribution is 6.06. The third-order valence-corrected chi connectivity index (χ3v) is 3.69.